The first kappa shape index (κ1) is 17.7. The Morgan fingerprint density at radius 2 is 2.13 bits per heavy atom. The van der Waals surface area contributed by atoms with Crippen LogP contribution in [0.25, 0.3) is 0 Å². The predicted molar refractivity (Wildman–Crippen MR) is 90.9 cm³/mol. The van der Waals surface area contributed by atoms with Crippen LogP contribution in [0.1, 0.15) is 62.0 Å². The van der Waals surface area contributed by atoms with Crippen LogP contribution in [-0.2, 0) is 11.8 Å². The number of carbonyl (C=O) groups excluding carboxylic acids is 1. The summed E-state index contributed by atoms with van der Waals surface area (Å²) in [5.41, 5.74) is 0.962. The van der Waals surface area contributed by atoms with E-state index in [4.69, 9.17) is 4.74 Å². The highest BCUT2D eigenvalue weighted by atomic mass is 16.5. The zero-order valence-corrected chi connectivity index (χ0v) is 14.7. The molecule has 1 saturated heterocycles. The van der Waals surface area contributed by atoms with Crippen molar-refractivity contribution >= 4 is 5.91 Å². The van der Waals surface area contributed by atoms with Crippen LogP contribution in [0.2, 0.25) is 0 Å². The summed E-state index contributed by atoms with van der Waals surface area (Å²) in [5.74, 6) is 0.0485. The van der Waals surface area contributed by atoms with Crippen molar-refractivity contribution in [3.8, 4) is 0 Å². The molecule has 1 aliphatic rings. The van der Waals surface area contributed by atoms with Gasteiger partial charge in [0.15, 0.2) is 0 Å². The van der Waals surface area contributed by atoms with Crippen molar-refractivity contribution in [2.75, 3.05) is 19.7 Å². The van der Waals surface area contributed by atoms with Gasteiger partial charge in [-0.2, -0.15) is 0 Å². The summed E-state index contributed by atoms with van der Waals surface area (Å²) in [4.78, 5) is 27.0. The van der Waals surface area contributed by atoms with Crippen LogP contribution >= 0.6 is 0 Å². The van der Waals surface area contributed by atoms with E-state index in [2.05, 4.69) is 0 Å². The SMILES string of the molecule is CCN(C[C@H]1CCCCO1)C(=O)c1ccc(C(C)C)n(C)c1=O. The van der Waals surface area contributed by atoms with Gasteiger partial charge in [-0.05, 0) is 44.2 Å². The number of likely N-dealkylation sites (N-methyl/N-ethyl adjacent to an activating group) is 1. The second kappa shape index (κ2) is 7.77. The Labute approximate surface area is 138 Å². The molecule has 0 aliphatic carbocycles. The zero-order chi connectivity index (χ0) is 17.0. The van der Waals surface area contributed by atoms with Gasteiger partial charge in [-0.1, -0.05) is 13.8 Å². The van der Waals surface area contributed by atoms with Crippen molar-refractivity contribution in [2.45, 2.75) is 52.1 Å². The molecule has 128 valence electrons. The molecule has 0 unspecified atom stereocenters. The lowest BCUT2D eigenvalue weighted by Gasteiger charge is -2.29. The topological polar surface area (TPSA) is 51.5 Å². The lowest BCUT2D eigenvalue weighted by molar-refractivity contribution is -0.00316. The van der Waals surface area contributed by atoms with E-state index in [-0.39, 0.29) is 29.1 Å². The molecule has 1 fully saturated rings. The maximum atomic E-state index is 12.8. The quantitative estimate of drug-likeness (QED) is 0.838. The summed E-state index contributed by atoms with van der Waals surface area (Å²) in [7, 11) is 1.73. The van der Waals surface area contributed by atoms with Crippen molar-refractivity contribution < 1.29 is 9.53 Å². The molecule has 1 atom stereocenters. The first-order valence-electron chi connectivity index (χ1n) is 8.56. The van der Waals surface area contributed by atoms with Gasteiger partial charge in [0.2, 0.25) is 0 Å². The Balaban J connectivity index is 2.20. The molecule has 0 radical (unpaired) electrons. The summed E-state index contributed by atoms with van der Waals surface area (Å²) in [6.45, 7) is 7.91. The van der Waals surface area contributed by atoms with Crippen molar-refractivity contribution in [3.05, 3.63) is 33.7 Å². The van der Waals surface area contributed by atoms with Crippen LogP contribution < -0.4 is 5.56 Å². The number of amides is 1. The van der Waals surface area contributed by atoms with Gasteiger partial charge in [0, 0.05) is 32.4 Å². The molecular formula is C18H28N2O3. The van der Waals surface area contributed by atoms with Gasteiger partial charge in [-0.25, -0.2) is 0 Å². The number of rotatable bonds is 5. The lowest BCUT2D eigenvalue weighted by Crippen LogP contribution is -2.42. The van der Waals surface area contributed by atoms with E-state index in [1.165, 1.54) is 0 Å². The molecule has 2 heterocycles. The van der Waals surface area contributed by atoms with E-state index < -0.39 is 0 Å². The molecule has 0 spiro atoms. The predicted octanol–water partition coefficient (Wildman–Crippen LogP) is 2.54. The summed E-state index contributed by atoms with van der Waals surface area (Å²) >= 11 is 0. The van der Waals surface area contributed by atoms with E-state index >= 15 is 0 Å². The largest absolute Gasteiger partial charge is 0.376 e. The molecule has 0 aromatic carbocycles. The molecule has 0 saturated carbocycles. The molecular weight excluding hydrogens is 292 g/mol. The van der Waals surface area contributed by atoms with E-state index in [1.807, 2.05) is 26.8 Å². The zero-order valence-electron chi connectivity index (χ0n) is 14.7. The molecule has 5 heteroatoms. The fraction of sp³-hybridized carbons (Fsp3) is 0.667. The second-order valence-corrected chi connectivity index (χ2v) is 6.52. The fourth-order valence-electron chi connectivity index (χ4n) is 3.12. The summed E-state index contributed by atoms with van der Waals surface area (Å²) in [6, 6.07) is 3.55. The van der Waals surface area contributed by atoms with Gasteiger partial charge in [0.25, 0.3) is 11.5 Å². The Kier molecular flexibility index (Phi) is 5.99. The Hall–Kier alpha value is -1.62. The summed E-state index contributed by atoms with van der Waals surface area (Å²) < 4.78 is 7.31. The van der Waals surface area contributed by atoms with E-state index in [0.717, 1.165) is 31.6 Å². The third-order valence-corrected chi connectivity index (χ3v) is 4.53. The maximum absolute atomic E-state index is 12.8. The van der Waals surface area contributed by atoms with Crippen LogP contribution in [-0.4, -0.2) is 41.2 Å². The van der Waals surface area contributed by atoms with E-state index in [1.54, 1.807) is 22.6 Å². The minimum atomic E-state index is -0.218. The van der Waals surface area contributed by atoms with Crippen molar-refractivity contribution in [2.24, 2.45) is 7.05 Å². The number of nitrogens with zero attached hydrogens (tertiary/aromatic N) is 2. The third-order valence-electron chi connectivity index (χ3n) is 4.53. The van der Waals surface area contributed by atoms with Gasteiger partial charge in [0.1, 0.15) is 5.56 Å². The van der Waals surface area contributed by atoms with E-state index in [0.29, 0.717) is 13.1 Å². The number of hydrogen-bond acceptors (Lipinski definition) is 3. The first-order valence-corrected chi connectivity index (χ1v) is 8.56. The van der Waals surface area contributed by atoms with Crippen molar-refractivity contribution in [1.82, 2.24) is 9.47 Å². The monoisotopic (exact) mass is 320 g/mol. The smallest absolute Gasteiger partial charge is 0.263 e. The lowest BCUT2D eigenvalue weighted by atomic mass is 10.1. The van der Waals surface area contributed by atoms with Crippen molar-refractivity contribution in [1.29, 1.82) is 0 Å². The van der Waals surface area contributed by atoms with Crippen LogP contribution in [0, 0.1) is 0 Å². The third kappa shape index (κ3) is 4.02. The fourth-order valence-corrected chi connectivity index (χ4v) is 3.12. The number of hydrogen-bond donors (Lipinski definition) is 0. The summed E-state index contributed by atoms with van der Waals surface area (Å²) in [6.07, 6.45) is 3.30. The molecule has 5 nitrogen and oxygen atoms in total. The molecule has 1 aromatic rings. The first-order chi connectivity index (χ1) is 11.0. The Morgan fingerprint density at radius 1 is 1.39 bits per heavy atom. The van der Waals surface area contributed by atoms with Crippen LogP contribution in [0.15, 0.2) is 16.9 Å². The van der Waals surface area contributed by atoms with Gasteiger partial charge < -0.3 is 14.2 Å². The maximum Gasteiger partial charge on any atom is 0.263 e. The Morgan fingerprint density at radius 3 is 2.70 bits per heavy atom. The van der Waals surface area contributed by atoms with Gasteiger partial charge >= 0.3 is 0 Å². The average molecular weight is 320 g/mol. The molecule has 2 rings (SSSR count). The standard InChI is InChI=1S/C18H28N2O3/c1-5-20(12-14-8-6-7-11-23-14)18(22)15-9-10-16(13(2)3)19(4)17(15)21/h9-10,13-14H,5-8,11-12H2,1-4H3/t14-/m1/s1. The van der Waals surface area contributed by atoms with Gasteiger partial charge in [-0.15, -0.1) is 0 Å². The van der Waals surface area contributed by atoms with Gasteiger partial charge in [0.05, 0.1) is 6.10 Å². The average Bonchev–Trinajstić information content (AvgIpc) is 2.55. The second-order valence-electron chi connectivity index (χ2n) is 6.52. The number of carbonyl (C=O) groups is 1. The Bertz CT molecular complexity index is 601. The number of aromatic nitrogens is 1. The minimum Gasteiger partial charge on any atom is -0.376 e. The normalized spacial score (nSPS) is 18.2. The molecule has 1 amide bonds. The highest BCUT2D eigenvalue weighted by Crippen LogP contribution is 2.16. The molecule has 0 N–H and O–H groups in total. The van der Waals surface area contributed by atoms with Gasteiger partial charge in [-0.3, -0.25) is 9.59 Å². The van der Waals surface area contributed by atoms with Crippen LogP contribution in [0.4, 0.5) is 0 Å². The van der Waals surface area contributed by atoms with Crippen molar-refractivity contribution in [3.63, 3.8) is 0 Å². The van der Waals surface area contributed by atoms with Crippen LogP contribution in [0.5, 0.6) is 0 Å². The summed E-state index contributed by atoms with van der Waals surface area (Å²) in [5, 5.41) is 0. The highest BCUT2D eigenvalue weighted by Gasteiger charge is 2.24. The minimum absolute atomic E-state index is 0.0893. The highest BCUT2D eigenvalue weighted by molar-refractivity contribution is 5.93. The molecule has 23 heavy (non-hydrogen) atoms. The molecule has 0 bridgehead atoms. The van der Waals surface area contributed by atoms with E-state index in [9.17, 15) is 9.59 Å². The number of ether oxygens (including phenoxy) is 1. The van der Waals surface area contributed by atoms with Crippen LogP contribution in [0.3, 0.4) is 0 Å². The molecule has 1 aliphatic heterocycles. The molecule has 1 aromatic heterocycles. The number of pyridine rings is 1.